The van der Waals surface area contributed by atoms with Crippen LogP contribution >= 0.6 is 0 Å². The smallest absolute Gasteiger partial charge is 0.407 e. The molecule has 1 unspecified atom stereocenters. The molecule has 0 spiro atoms. The molecule has 2 aromatic heterocycles. The number of halogens is 1. The van der Waals surface area contributed by atoms with Gasteiger partial charge in [-0.3, -0.25) is 9.59 Å². The third kappa shape index (κ3) is 8.63. The van der Waals surface area contributed by atoms with Crippen molar-refractivity contribution >= 4 is 51.8 Å². The number of nitrogens with one attached hydrogen (secondary N) is 4. The maximum atomic E-state index is 16.5. The van der Waals surface area contributed by atoms with Crippen LogP contribution in [-0.4, -0.2) is 118 Å². The minimum atomic E-state index is -1.30. The van der Waals surface area contributed by atoms with Gasteiger partial charge in [-0.25, -0.2) is 23.9 Å². The summed E-state index contributed by atoms with van der Waals surface area (Å²) in [5.41, 5.74) is 6.59. The molecule has 5 heterocycles. The van der Waals surface area contributed by atoms with Gasteiger partial charge in [-0.05, 0) is 124 Å². The van der Waals surface area contributed by atoms with E-state index in [1.807, 2.05) is 24.3 Å². The largest absolute Gasteiger partial charge is 0.465 e. The van der Waals surface area contributed by atoms with Crippen molar-refractivity contribution in [2.24, 2.45) is 0 Å². The van der Waals surface area contributed by atoms with Crippen molar-refractivity contribution in [1.29, 1.82) is 0 Å². The van der Waals surface area contributed by atoms with Crippen LogP contribution in [0.4, 0.5) is 19.7 Å². The minimum Gasteiger partial charge on any atom is -0.465 e. The first kappa shape index (κ1) is 44.9. The average molecular weight is 908 g/mol. The van der Waals surface area contributed by atoms with Crippen molar-refractivity contribution in [3.05, 3.63) is 88.8 Å². The number of aromatic amines is 2. The second kappa shape index (κ2) is 18.5. The molecule has 4 aliphatic rings. The third-order valence-electron chi connectivity index (χ3n) is 14.2. The van der Waals surface area contributed by atoms with Crippen LogP contribution in [-0.2, 0) is 23.8 Å². The molecule has 0 radical (unpaired) electrons. The maximum Gasteiger partial charge on any atom is 0.407 e. The molecule has 66 heavy (non-hydrogen) atoms. The molecule has 3 aliphatic heterocycles. The summed E-state index contributed by atoms with van der Waals surface area (Å²) in [6.07, 6.45) is 3.17. The van der Waals surface area contributed by atoms with Gasteiger partial charge >= 0.3 is 12.2 Å². The van der Waals surface area contributed by atoms with E-state index in [9.17, 15) is 24.3 Å². The number of carbonyl (C=O) groups excluding carboxylic acids is 3. The Hall–Kier alpha value is -6.27. The van der Waals surface area contributed by atoms with E-state index in [-0.39, 0.29) is 41.8 Å². The van der Waals surface area contributed by atoms with E-state index in [0.717, 1.165) is 77.3 Å². The molecule has 3 aromatic carbocycles. The number of nitrogens with zero attached hydrogens (tertiary/aromatic N) is 5. The molecular weight excluding hydrogens is 850 g/mol. The Bertz CT molecular complexity index is 2630. The summed E-state index contributed by atoms with van der Waals surface area (Å²) in [5, 5.41) is 14.5. The number of aromatic nitrogens is 4. The highest BCUT2D eigenvalue weighted by molar-refractivity contribution is 5.88. The number of hydrogen-bond acceptors (Lipinski definition) is 10. The zero-order chi connectivity index (χ0) is 46.4. The molecule has 5 N–H and O–H groups in total. The van der Waals surface area contributed by atoms with E-state index in [0.29, 0.717) is 49.2 Å². The van der Waals surface area contributed by atoms with Gasteiger partial charge in [0, 0.05) is 27.3 Å². The lowest BCUT2D eigenvalue weighted by molar-refractivity contribution is -0.138. The molecular formula is C48H58FN9O8. The van der Waals surface area contributed by atoms with Crippen LogP contribution in [0.5, 0.6) is 0 Å². The number of ether oxygens (including phenoxy) is 3. The number of rotatable bonds is 14. The van der Waals surface area contributed by atoms with Crippen molar-refractivity contribution in [2.45, 2.75) is 120 Å². The average Bonchev–Trinajstić information content (AvgIpc) is 3.85. The molecule has 0 bridgehead atoms. The third-order valence-corrected chi connectivity index (χ3v) is 14.2. The number of alkyl carbamates (subject to hydrolysis) is 1. The number of anilines is 1. The first-order valence-corrected chi connectivity index (χ1v) is 22.9. The standard InChI is InChI=1S/C48H58FN9O8/c1-25(64-3)41(54-47(61)62)45(59)56-20-6-8-39(56)43-50-32-15-12-29(23-34(32)52-43)36-18-19-37(58(36)38-17-14-28(22-31(38)49)27-10-11-27)30-13-16-33-35(24-30)53-44(51-33)40-9-7-21-57(40)46(60)42(26(2)65-4)55-48(63)66-5/h12-17,22-27,36-37,39-42,54H,6-11,18-21H2,1-5H3,(H,50,52)(H,51,53)(H,55,63)(H,61,62)/t25-,26?,36+,37+,39+,40+,41+,42+/m1/s1. The van der Waals surface area contributed by atoms with Gasteiger partial charge in [-0.2, -0.15) is 0 Å². The van der Waals surface area contributed by atoms with Crippen LogP contribution in [0.1, 0.15) is 124 Å². The summed E-state index contributed by atoms with van der Waals surface area (Å²) >= 11 is 0. The van der Waals surface area contributed by atoms with Crippen molar-refractivity contribution in [3.8, 4) is 0 Å². The summed E-state index contributed by atoms with van der Waals surface area (Å²) in [6.45, 7) is 4.34. The Morgan fingerprint density at radius 1 is 0.682 bits per heavy atom. The van der Waals surface area contributed by atoms with Crippen LogP contribution in [0.15, 0.2) is 54.6 Å². The SMILES string of the molecule is COC(=O)N[C@H](C(=O)N1CCC[C@H]1c1nc2ccc([C@@H]3CC[C@@H](c4ccc5nc([C@@H]6CCCN6C(=O)[C@@H](NC(=O)O)[C@@H](C)OC)[nH]c5c4)N3c3ccc(C4CC4)cc3F)cc2[nH]1)C(C)OC. The van der Waals surface area contributed by atoms with E-state index in [4.69, 9.17) is 24.2 Å². The summed E-state index contributed by atoms with van der Waals surface area (Å²) in [7, 11) is 4.18. The highest BCUT2D eigenvalue weighted by atomic mass is 19.1. The van der Waals surface area contributed by atoms with E-state index in [1.54, 1.807) is 29.7 Å². The second-order valence-corrected chi connectivity index (χ2v) is 18.1. The molecule has 4 amide bonds. The van der Waals surface area contributed by atoms with Gasteiger partial charge < -0.3 is 54.6 Å². The predicted octanol–water partition coefficient (Wildman–Crippen LogP) is 7.30. The monoisotopic (exact) mass is 907 g/mol. The molecule has 18 heteroatoms. The van der Waals surface area contributed by atoms with Crippen LogP contribution in [0.25, 0.3) is 22.1 Å². The van der Waals surface area contributed by atoms with Crippen molar-refractivity contribution in [2.75, 3.05) is 39.3 Å². The lowest BCUT2D eigenvalue weighted by Gasteiger charge is -2.33. The Kier molecular flexibility index (Phi) is 12.6. The maximum absolute atomic E-state index is 16.5. The van der Waals surface area contributed by atoms with Gasteiger partial charge in [0.2, 0.25) is 11.8 Å². The summed E-state index contributed by atoms with van der Waals surface area (Å²) in [6, 6.07) is 14.8. The number of carboxylic acid groups (broad SMARTS) is 1. The number of imidazole rings is 2. The number of H-pyrrole nitrogens is 2. The Morgan fingerprint density at radius 2 is 1.18 bits per heavy atom. The van der Waals surface area contributed by atoms with E-state index >= 15 is 4.39 Å². The van der Waals surface area contributed by atoms with Crippen molar-refractivity contribution in [1.82, 2.24) is 40.4 Å². The summed E-state index contributed by atoms with van der Waals surface area (Å²) in [5.74, 6) is 0.757. The van der Waals surface area contributed by atoms with Gasteiger partial charge in [-0.15, -0.1) is 0 Å². The minimum absolute atomic E-state index is 0.189. The second-order valence-electron chi connectivity index (χ2n) is 18.1. The molecule has 17 nitrogen and oxygen atoms in total. The molecule has 350 valence electrons. The fraction of sp³-hybridized carbons (Fsp3) is 0.500. The van der Waals surface area contributed by atoms with E-state index < -0.39 is 36.5 Å². The summed E-state index contributed by atoms with van der Waals surface area (Å²) in [4.78, 5) is 74.1. The Balaban J connectivity index is 1.01. The van der Waals surface area contributed by atoms with Gasteiger partial charge in [-0.1, -0.05) is 18.2 Å². The number of benzene rings is 3. The highest BCUT2D eigenvalue weighted by Crippen LogP contribution is 2.50. The normalized spacial score (nSPS) is 22.7. The molecule has 8 atom stereocenters. The molecule has 1 saturated carbocycles. The van der Waals surface area contributed by atoms with Gasteiger partial charge in [0.05, 0.1) is 71.2 Å². The molecule has 1 aliphatic carbocycles. The van der Waals surface area contributed by atoms with E-state index in [1.165, 1.54) is 21.3 Å². The number of hydrogen-bond donors (Lipinski definition) is 5. The van der Waals surface area contributed by atoms with Crippen LogP contribution in [0.3, 0.4) is 0 Å². The zero-order valence-electron chi connectivity index (χ0n) is 37.9. The Labute approximate surface area is 381 Å². The predicted molar refractivity (Wildman–Crippen MR) is 242 cm³/mol. The molecule has 3 saturated heterocycles. The fourth-order valence-corrected chi connectivity index (χ4v) is 10.4. The van der Waals surface area contributed by atoms with Crippen molar-refractivity contribution < 1.29 is 42.9 Å². The number of fused-ring (bicyclic) bond motifs is 2. The number of methoxy groups -OCH3 is 3. The Morgan fingerprint density at radius 3 is 1.64 bits per heavy atom. The summed E-state index contributed by atoms with van der Waals surface area (Å²) < 4.78 is 32.2. The first-order chi connectivity index (χ1) is 31.9. The lowest BCUT2D eigenvalue weighted by Crippen LogP contribution is -2.54. The quantitative estimate of drug-likeness (QED) is 0.0748. The van der Waals surface area contributed by atoms with Gasteiger partial charge in [0.25, 0.3) is 0 Å². The van der Waals surface area contributed by atoms with Gasteiger partial charge in [0.1, 0.15) is 29.5 Å². The number of likely N-dealkylation sites (tertiary alicyclic amines) is 2. The van der Waals surface area contributed by atoms with Crippen molar-refractivity contribution in [3.63, 3.8) is 0 Å². The molecule has 5 aromatic rings. The topological polar surface area (TPSA) is 207 Å². The number of amides is 4. The fourth-order valence-electron chi connectivity index (χ4n) is 10.4. The lowest BCUT2D eigenvalue weighted by atomic mass is 10.0. The van der Waals surface area contributed by atoms with Crippen LogP contribution < -0.4 is 15.5 Å². The number of carbonyl (C=O) groups is 4. The van der Waals surface area contributed by atoms with E-state index in [2.05, 4.69) is 49.8 Å². The first-order valence-electron chi connectivity index (χ1n) is 22.9. The van der Waals surface area contributed by atoms with Crippen LogP contribution in [0, 0.1) is 5.82 Å². The van der Waals surface area contributed by atoms with Gasteiger partial charge in [0.15, 0.2) is 0 Å². The zero-order valence-corrected chi connectivity index (χ0v) is 37.9. The highest BCUT2D eigenvalue weighted by Gasteiger charge is 2.42. The molecule has 9 rings (SSSR count). The van der Waals surface area contributed by atoms with Crippen LogP contribution in [0.2, 0.25) is 0 Å². The molecule has 4 fully saturated rings.